The first-order valence-electron chi connectivity index (χ1n) is 5.59. The predicted molar refractivity (Wildman–Crippen MR) is 68.8 cm³/mol. The Kier molecular flexibility index (Phi) is 3.58. The first-order chi connectivity index (χ1) is 8.61. The normalized spacial score (nSPS) is 10.4. The molecule has 0 atom stereocenters. The Bertz CT molecular complexity index is 555. The van der Waals surface area contributed by atoms with E-state index in [9.17, 15) is 8.78 Å². The van der Waals surface area contributed by atoms with Gasteiger partial charge in [0.25, 0.3) is 0 Å². The Balaban J connectivity index is 2.40. The highest BCUT2D eigenvalue weighted by Gasteiger charge is 2.10. The number of nitrogens with two attached hydrogens (primary N) is 1. The third kappa shape index (κ3) is 2.49. The molecule has 0 radical (unpaired) electrons. The van der Waals surface area contributed by atoms with Crippen molar-refractivity contribution in [1.29, 1.82) is 0 Å². The van der Waals surface area contributed by atoms with Crippen LogP contribution in [0.25, 0.3) is 0 Å². The van der Waals surface area contributed by atoms with Gasteiger partial charge >= 0.3 is 0 Å². The zero-order chi connectivity index (χ0) is 13.1. The van der Waals surface area contributed by atoms with Crippen molar-refractivity contribution in [3.05, 3.63) is 59.7 Å². The molecule has 0 unspecified atom stereocenters. The molecular weight excluding hydrogens is 234 g/mol. The van der Waals surface area contributed by atoms with Gasteiger partial charge in [0.2, 0.25) is 0 Å². The van der Waals surface area contributed by atoms with E-state index in [1.807, 2.05) is 24.3 Å². The minimum Gasteiger partial charge on any atom is -0.342 e. The van der Waals surface area contributed by atoms with Crippen LogP contribution < -0.4 is 10.6 Å². The van der Waals surface area contributed by atoms with Crippen molar-refractivity contribution >= 4 is 11.4 Å². The van der Waals surface area contributed by atoms with Crippen LogP contribution in [0.1, 0.15) is 5.56 Å². The van der Waals surface area contributed by atoms with Crippen molar-refractivity contribution in [2.75, 3.05) is 11.9 Å². The average Bonchev–Trinajstić information content (AvgIpc) is 2.41. The van der Waals surface area contributed by atoms with Gasteiger partial charge in [0, 0.05) is 25.3 Å². The molecule has 0 aromatic heterocycles. The maximum absolute atomic E-state index is 13.7. The Hall–Kier alpha value is -1.94. The molecule has 0 fully saturated rings. The van der Waals surface area contributed by atoms with E-state index < -0.39 is 11.6 Å². The summed E-state index contributed by atoms with van der Waals surface area (Å²) in [6, 6.07) is 10.8. The van der Waals surface area contributed by atoms with Gasteiger partial charge in [-0.05, 0) is 29.8 Å². The fourth-order valence-corrected chi connectivity index (χ4v) is 1.77. The highest BCUT2D eigenvalue weighted by atomic mass is 19.1. The standard InChI is InChI=1S/C14H14F2N2/c1-18(12-4-2-3-10(7-12)9-17)14-8-11(15)5-6-13(14)16/h2-8H,9,17H2,1H3. The lowest BCUT2D eigenvalue weighted by Crippen LogP contribution is -2.12. The van der Waals surface area contributed by atoms with Crippen LogP contribution >= 0.6 is 0 Å². The maximum Gasteiger partial charge on any atom is 0.147 e. The summed E-state index contributed by atoms with van der Waals surface area (Å²) in [4.78, 5) is 1.59. The van der Waals surface area contributed by atoms with E-state index in [1.165, 1.54) is 6.07 Å². The first kappa shape index (κ1) is 12.5. The van der Waals surface area contributed by atoms with Gasteiger partial charge in [0.1, 0.15) is 11.6 Å². The Morgan fingerprint density at radius 2 is 1.89 bits per heavy atom. The van der Waals surface area contributed by atoms with E-state index in [4.69, 9.17) is 5.73 Å². The first-order valence-corrected chi connectivity index (χ1v) is 5.59. The molecule has 4 heteroatoms. The van der Waals surface area contributed by atoms with E-state index in [1.54, 1.807) is 11.9 Å². The van der Waals surface area contributed by atoms with Crippen LogP contribution in [0.15, 0.2) is 42.5 Å². The molecule has 0 aliphatic carbocycles. The summed E-state index contributed by atoms with van der Waals surface area (Å²) in [5, 5.41) is 0. The van der Waals surface area contributed by atoms with Crippen molar-refractivity contribution in [3.8, 4) is 0 Å². The van der Waals surface area contributed by atoms with Gasteiger partial charge < -0.3 is 10.6 Å². The minimum atomic E-state index is -0.465. The van der Waals surface area contributed by atoms with E-state index in [-0.39, 0.29) is 5.69 Å². The molecular formula is C14H14F2N2. The van der Waals surface area contributed by atoms with Crippen molar-refractivity contribution in [3.63, 3.8) is 0 Å². The van der Waals surface area contributed by atoms with Crippen LogP contribution in [0.3, 0.4) is 0 Å². The van der Waals surface area contributed by atoms with E-state index in [0.29, 0.717) is 6.54 Å². The zero-order valence-corrected chi connectivity index (χ0v) is 10.0. The molecule has 0 heterocycles. The van der Waals surface area contributed by atoms with Gasteiger partial charge in [-0.3, -0.25) is 0 Å². The highest BCUT2D eigenvalue weighted by molar-refractivity contribution is 5.63. The van der Waals surface area contributed by atoms with Crippen LogP contribution in [0, 0.1) is 11.6 Å². The molecule has 0 amide bonds. The fourth-order valence-electron chi connectivity index (χ4n) is 1.77. The summed E-state index contributed by atoms with van der Waals surface area (Å²) in [7, 11) is 1.69. The number of benzene rings is 2. The number of nitrogens with zero attached hydrogens (tertiary/aromatic N) is 1. The van der Waals surface area contributed by atoms with Gasteiger partial charge in [-0.2, -0.15) is 0 Å². The number of hydrogen-bond donors (Lipinski definition) is 1. The SMILES string of the molecule is CN(c1cccc(CN)c1)c1cc(F)ccc1F. The smallest absolute Gasteiger partial charge is 0.147 e. The lowest BCUT2D eigenvalue weighted by molar-refractivity contribution is 0.600. The topological polar surface area (TPSA) is 29.3 Å². The third-order valence-corrected chi connectivity index (χ3v) is 2.80. The van der Waals surface area contributed by atoms with Crippen molar-refractivity contribution in [2.45, 2.75) is 6.54 Å². The van der Waals surface area contributed by atoms with E-state index in [2.05, 4.69) is 0 Å². The van der Waals surface area contributed by atoms with E-state index in [0.717, 1.165) is 23.4 Å². The largest absolute Gasteiger partial charge is 0.342 e. The monoisotopic (exact) mass is 248 g/mol. The Labute approximate surface area is 105 Å². The molecule has 2 N–H and O–H groups in total. The number of rotatable bonds is 3. The molecule has 2 aromatic rings. The average molecular weight is 248 g/mol. The van der Waals surface area contributed by atoms with Gasteiger partial charge in [0.15, 0.2) is 0 Å². The minimum absolute atomic E-state index is 0.198. The van der Waals surface area contributed by atoms with Crippen molar-refractivity contribution in [2.24, 2.45) is 5.73 Å². The number of hydrogen-bond acceptors (Lipinski definition) is 2. The van der Waals surface area contributed by atoms with Crippen LogP contribution in [0.5, 0.6) is 0 Å². The van der Waals surface area contributed by atoms with Gasteiger partial charge in [0.05, 0.1) is 5.69 Å². The maximum atomic E-state index is 13.7. The van der Waals surface area contributed by atoms with Crippen LogP contribution in [0.2, 0.25) is 0 Å². The van der Waals surface area contributed by atoms with Gasteiger partial charge in [-0.15, -0.1) is 0 Å². The molecule has 2 nitrogen and oxygen atoms in total. The van der Waals surface area contributed by atoms with Crippen LogP contribution in [-0.4, -0.2) is 7.05 Å². The molecule has 2 rings (SSSR count). The molecule has 0 bridgehead atoms. The molecule has 18 heavy (non-hydrogen) atoms. The molecule has 0 spiro atoms. The lowest BCUT2D eigenvalue weighted by atomic mass is 10.1. The second-order valence-electron chi connectivity index (χ2n) is 4.03. The predicted octanol–water partition coefficient (Wildman–Crippen LogP) is 3.19. The van der Waals surface area contributed by atoms with Crippen LogP contribution in [0.4, 0.5) is 20.2 Å². The van der Waals surface area contributed by atoms with Crippen molar-refractivity contribution in [1.82, 2.24) is 0 Å². The molecule has 94 valence electrons. The lowest BCUT2D eigenvalue weighted by Gasteiger charge is -2.20. The molecule has 0 saturated heterocycles. The van der Waals surface area contributed by atoms with Gasteiger partial charge in [-0.25, -0.2) is 8.78 Å². The fraction of sp³-hybridized carbons (Fsp3) is 0.143. The Morgan fingerprint density at radius 3 is 2.61 bits per heavy atom. The summed E-state index contributed by atoms with van der Waals surface area (Å²) in [6.07, 6.45) is 0. The molecule has 0 saturated carbocycles. The summed E-state index contributed by atoms with van der Waals surface area (Å²) in [6.45, 7) is 0.410. The summed E-state index contributed by atoms with van der Waals surface area (Å²) in [5.74, 6) is -0.926. The zero-order valence-electron chi connectivity index (χ0n) is 10.0. The Morgan fingerprint density at radius 1 is 1.11 bits per heavy atom. The summed E-state index contributed by atoms with van der Waals surface area (Å²) in [5.41, 5.74) is 7.46. The number of halogens is 2. The summed E-state index contributed by atoms with van der Waals surface area (Å²) >= 11 is 0. The molecule has 2 aromatic carbocycles. The second-order valence-corrected chi connectivity index (χ2v) is 4.03. The van der Waals surface area contributed by atoms with Gasteiger partial charge in [-0.1, -0.05) is 12.1 Å². The summed E-state index contributed by atoms with van der Waals surface area (Å²) < 4.78 is 26.8. The number of anilines is 2. The molecule has 0 aliphatic heterocycles. The molecule has 0 aliphatic rings. The van der Waals surface area contributed by atoms with Crippen LogP contribution in [-0.2, 0) is 6.54 Å². The van der Waals surface area contributed by atoms with Crippen molar-refractivity contribution < 1.29 is 8.78 Å². The highest BCUT2D eigenvalue weighted by Crippen LogP contribution is 2.27. The van der Waals surface area contributed by atoms with E-state index >= 15 is 0 Å². The third-order valence-electron chi connectivity index (χ3n) is 2.80. The second kappa shape index (κ2) is 5.14. The quantitative estimate of drug-likeness (QED) is 0.903.